The summed E-state index contributed by atoms with van der Waals surface area (Å²) >= 11 is 0. The van der Waals surface area contributed by atoms with Crippen LogP contribution in [0.15, 0.2) is 77.4 Å². The second-order valence-corrected chi connectivity index (χ2v) is 4.49. The standard InChI is InChI=1S/C17H15N/c1-3-7-14(8-4-1)17(16-11-12-18-13-16)15-9-5-2-6-10-15/h1-10,12-13,17H,11H2. The zero-order valence-electron chi connectivity index (χ0n) is 10.2. The van der Waals surface area contributed by atoms with Gasteiger partial charge in [-0.05, 0) is 16.7 Å². The minimum Gasteiger partial charge on any atom is -0.269 e. The van der Waals surface area contributed by atoms with E-state index >= 15 is 0 Å². The van der Waals surface area contributed by atoms with Gasteiger partial charge in [0.15, 0.2) is 0 Å². The summed E-state index contributed by atoms with van der Waals surface area (Å²) in [5, 5.41) is 0. The molecule has 0 bridgehead atoms. The number of nitrogens with zero attached hydrogens (tertiary/aromatic N) is 1. The molecule has 88 valence electrons. The maximum absolute atomic E-state index is 4.25. The molecule has 0 spiro atoms. The summed E-state index contributed by atoms with van der Waals surface area (Å²) < 4.78 is 0. The van der Waals surface area contributed by atoms with Crippen molar-refractivity contribution in [1.29, 1.82) is 0 Å². The lowest BCUT2D eigenvalue weighted by molar-refractivity contribution is 0.930. The quantitative estimate of drug-likeness (QED) is 0.754. The number of hydrogen-bond donors (Lipinski definition) is 0. The van der Waals surface area contributed by atoms with Crippen molar-refractivity contribution in [3.63, 3.8) is 0 Å². The lowest BCUT2D eigenvalue weighted by Crippen LogP contribution is -2.03. The molecule has 1 aliphatic rings. The van der Waals surface area contributed by atoms with Gasteiger partial charge in [-0.25, -0.2) is 0 Å². The molecule has 0 aliphatic carbocycles. The van der Waals surface area contributed by atoms with E-state index in [0.29, 0.717) is 5.92 Å². The van der Waals surface area contributed by atoms with Gasteiger partial charge in [0.1, 0.15) is 0 Å². The molecule has 0 fully saturated rings. The molecule has 2 aromatic rings. The van der Waals surface area contributed by atoms with E-state index in [2.05, 4.69) is 65.7 Å². The van der Waals surface area contributed by atoms with Crippen LogP contribution in [-0.2, 0) is 0 Å². The van der Waals surface area contributed by atoms with Gasteiger partial charge in [0, 0.05) is 24.8 Å². The van der Waals surface area contributed by atoms with Crippen LogP contribution >= 0.6 is 0 Å². The first kappa shape index (κ1) is 11.0. The van der Waals surface area contributed by atoms with Crippen molar-refractivity contribution < 1.29 is 0 Å². The van der Waals surface area contributed by atoms with Crippen LogP contribution in [0.2, 0.25) is 0 Å². The van der Waals surface area contributed by atoms with Crippen LogP contribution in [0.5, 0.6) is 0 Å². The Morgan fingerprint density at radius 3 is 1.78 bits per heavy atom. The van der Waals surface area contributed by atoms with Crippen molar-refractivity contribution in [3.8, 4) is 0 Å². The first-order valence-electron chi connectivity index (χ1n) is 6.25. The normalized spacial score (nSPS) is 13.9. The molecule has 0 unspecified atom stereocenters. The van der Waals surface area contributed by atoms with Crippen LogP contribution in [0.25, 0.3) is 0 Å². The lowest BCUT2D eigenvalue weighted by atomic mass is 9.84. The summed E-state index contributed by atoms with van der Waals surface area (Å²) in [5.41, 5.74) is 4.04. The van der Waals surface area contributed by atoms with E-state index in [9.17, 15) is 0 Å². The minimum absolute atomic E-state index is 0.329. The molecule has 1 nitrogen and oxygen atoms in total. The first-order chi connectivity index (χ1) is 8.95. The van der Waals surface area contributed by atoms with E-state index in [1.807, 2.05) is 12.4 Å². The van der Waals surface area contributed by atoms with Crippen LogP contribution < -0.4 is 0 Å². The van der Waals surface area contributed by atoms with Crippen molar-refractivity contribution >= 4 is 6.21 Å². The Balaban J connectivity index is 2.05. The summed E-state index contributed by atoms with van der Waals surface area (Å²) in [6.07, 6.45) is 4.94. The Morgan fingerprint density at radius 1 is 0.778 bits per heavy atom. The number of benzene rings is 2. The average molecular weight is 233 g/mol. The van der Waals surface area contributed by atoms with E-state index in [-0.39, 0.29) is 0 Å². The molecule has 0 saturated carbocycles. The highest BCUT2D eigenvalue weighted by Crippen LogP contribution is 2.34. The molecule has 18 heavy (non-hydrogen) atoms. The van der Waals surface area contributed by atoms with Crippen molar-refractivity contribution in [2.24, 2.45) is 4.99 Å². The molecule has 0 atom stereocenters. The van der Waals surface area contributed by atoms with Crippen LogP contribution in [0, 0.1) is 0 Å². The minimum atomic E-state index is 0.329. The van der Waals surface area contributed by atoms with Crippen LogP contribution in [0.1, 0.15) is 23.5 Å². The largest absolute Gasteiger partial charge is 0.269 e. The van der Waals surface area contributed by atoms with Crippen molar-refractivity contribution in [3.05, 3.63) is 83.6 Å². The molecule has 1 heterocycles. The van der Waals surface area contributed by atoms with Gasteiger partial charge in [0.2, 0.25) is 0 Å². The van der Waals surface area contributed by atoms with E-state index in [1.165, 1.54) is 16.7 Å². The molecule has 1 aliphatic heterocycles. The average Bonchev–Trinajstić information content (AvgIpc) is 2.95. The van der Waals surface area contributed by atoms with E-state index in [1.54, 1.807) is 0 Å². The maximum Gasteiger partial charge on any atom is 0.0320 e. The summed E-state index contributed by atoms with van der Waals surface area (Å²) in [4.78, 5) is 4.25. The first-order valence-corrected chi connectivity index (χ1v) is 6.25. The summed E-state index contributed by atoms with van der Waals surface area (Å²) in [7, 11) is 0. The number of rotatable bonds is 3. The Labute approximate surface area is 108 Å². The summed E-state index contributed by atoms with van der Waals surface area (Å²) in [5.74, 6) is 0.329. The molecule has 0 N–H and O–H groups in total. The van der Waals surface area contributed by atoms with Crippen molar-refractivity contribution in [2.75, 3.05) is 0 Å². The SMILES string of the molecule is C1=NC=C(C(c2ccccc2)c2ccccc2)C1. The van der Waals surface area contributed by atoms with Gasteiger partial charge in [-0.2, -0.15) is 0 Å². The van der Waals surface area contributed by atoms with Crippen LogP contribution in [-0.4, -0.2) is 6.21 Å². The lowest BCUT2D eigenvalue weighted by Gasteiger charge is -2.19. The van der Waals surface area contributed by atoms with Gasteiger partial charge < -0.3 is 0 Å². The number of hydrogen-bond acceptors (Lipinski definition) is 1. The van der Waals surface area contributed by atoms with Gasteiger partial charge in [-0.1, -0.05) is 60.7 Å². The van der Waals surface area contributed by atoms with Crippen molar-refractivity contribution in [1.82, 2.24) is 0 Å². The summed E-state index contributed by atoms with van der Waals surface area (Å²) in [6, 6.07) is 21.3. The number of aliphatic imine (C=N–C) groups is 1. The van der Waals surface area contributed by atoms with Gasteiger partial charge in [0.05, 0.1) is 0 Å². The molecule has 1 heteroatoms. The Morgan fingerprint density at radius 2 is 1.33 bits per heavy atom. The predicted molar refractivity (Wildman–Crippen MR) is 75.9 cm³/mol. The molecular weight excluding hydrogens is 218 g/mol. The highest BCUT2D eigenvalue weighted by molar-refractivity contribution is 5.67. The highest BCUT2D eigenvalue weighted by atomic mass is 14.7. The fourth-order valence-corrected chi connectivity index (χ4v) is 2.46. The number of allylic oxidation sites excluding steroid dienone is 1. The smallest absolute Gasteiger partial charge is 0.0320 e. The van der Waals surface area contributed by atoms with Crippen LogP contribution in [0.4, 0.5) is 0 Å². The van der Waals surface area contributed by atoms with Gasteiger partial charge in [-0.15, -0.1) is 0 Å². The van der Waals surface area contributed by atoms with Gasteiger partial charge in [-0.3, -0.25) is 4.99 Å². The Kier molecular flexibility index (Phi) is 3.05. The predicted octanol–water partition coefficient (Wildman–Crippen LogP) is 4.18. The third-order valence-corrected chi connectivity index (χ3v) is 3.31. The highest BCUT2D eigenvalue weighted by Gasteiger charge is 2.19. The van der Waals surface area contributed by atoms with E-state index < -0.39 is 0 Å². The molecule has 0 aromatic heterocycles. The second-order valence-electron chi connectivity index (χ2n) is 4.49. The zero-order valence-corrected chi connectivity index (χ0v) is 10.2. The molecule has 0 amide bonds. The molecule has 0 radical (unpaired) electrons. The Bertz CT molecular complexity index is 528. The monoisotopic (exact) mass is 233 g/mol. The zero-order chi connectivity index (χ0) is 12.2. The molecule has 3 rings (SSSR count). The molecule has 0 saturated heterocycles. The Hall–Kier alpha value is -2.15. The van der Waals surface area contributed by atoms with Crippen molar-refractivity contribution in [2.45, 2.75) is 12.3 Å². The maximum atomic E-state index is 4.25. The van der Waals surface area contributed by atoms with Crippen LogP contribution in [0.3, 0.4) is 0 Å². The van der Waals surface area contributed by atoms with E-state index in [0.717, 1.165) is 6.42 Å². The van der Waals surface area contributed by atoms with Gasteiger partial charge in [0.25, 0.3) is 0 Å². The fraction of sp³-hybridized carbons (Fsp3) is 0.118. The molecule has 2 aromatic carbocycles. The summed E-state index contributed by atoms with van der Waals surface area (Å²) in [6.45, 7) is 0. The second kappa shape index (κ2) is 5.01. The third-order valence-electron chi connectivity index (χ3n) is 3.31. The van der Waals surface area contributed by atoms with E-state index in [4.69, 9.17) is 0 Å². The third kappa shape index (κ3) is 2.12. The fourth-order valence-electron chi connectivity index (χ4n) is 2.46. The topological polar surface area (TPSA) is 12.4 Å². The molecular formula is C17H15N. The van der Waals surface area contributed by atoms with Gasteiger partial charge >= 0.3 is 0 Å².